The Balaban J connectivity index is 1.47. The van der Waals surface area contributed by atoms with Gasteiger partial charge in [-0.3, -0.25) is 0 Å². The Labute approximate surface area is 179 Å². The second-order valence-corrected chi connectivity index (χ2v) is 10.1. The van der Waals surface area contributed by atoms with Crippen molar-refractivity contribution in [2.24, 2.45) is 17.3 Å². The van der Waals surface area contributed by atoms with Crippen molar-refractivity contribution in [3.8, 4) is 0 Å². The second kappa shape index (κ2) is 8.75. The maximum Gasteiger partial charge on any atom is 0.203 e. The van der Waals surface area contributed by atoms with Gasteiger partial charge in [0.05, 0.1) is 0 Å². The molecule has 0 spiro atoms. The molecule has 0 saturated heterocycles. The van der Waals surface area contributed by atoms with Crippen LogP contribution < -0.4 is 5.73 Å². The number of anilines is 1. The van der Waals surface area contributed by atoms with Gasteiger partial charge in [0.1, 0.15) is 11.3 Å². The average molecular weight is 406 g/mol. The number of H-pyrrole nitrogens is 1. The standard InChI is InChI=1S/C25H35N5/c1-25(2,3)19-14-12-17(13-15-19)8-7-11-20(18-9-5-4-6-10-18)21-16-22(26)27-24-23(21)28-30-29-24/h4-6,9-10,16-17,19-20H,7-8,11-15H2,1-3H3,(H3,26,27,28,29,30). The van der Waals surface area contributed by atoms with Crippen molar-refractivity contribution in [3.05, 3.63) is 47.5 Å². The van der Waals surface area contributed by atoms with E-state index in [9.17, 15) is 0 Å². The normalized spacial score (nSPS) is 21.0. The highest BCUT2D eigenvalue weighted by atomic mass is 15.3. The monoisotopic (exact) mass is 405 g/mol. The van der Waals surface area contributed by atoms with Gasteiger partial charge >= 0.3 is 0 Å². The number of nitrogens with zero attached hydrogens (tertiary/aromatic N) is 3. The third-order valence-electron chi connectivity index (χ3n) is 7.10. The number of hydrogen-bond donors (Lipinski definition) is 2. The molecule has 0 bridgehead atoms. The fraction of sp³-hybridized carbons (Fsp3) is 0.560. The first-order valence-corrected chi connectivity index (χ1v) is 11.4. The average Bonchev–Trinajstić information content (AvgIpc) is 3.19. The molecule has 160 valence electrons. The minimum absolute atomic E-state index is 0.259. The molecule has 1 atom stereocenters. The molecule has 0 amide bonds. The Bertz CT molecular complexity index is 949. The number of fused-ring (bicyclic) bond motifs is 1. The lowest BCUT2D eigenvalue weighted by atomic mass is 9.69. The topological polar surface area (TPSA) is 80.5 Å². The number of nitrogens with one attached hydrogen (secondary N) is 1. The van der Waals surface area contributed by atoms with E-state index in [1.807, 2.05) is 6.07 Å². The molecule has 0 aliphatic heterocycles. The summed E-state index contributed by atoms with van der Waals surface area (Å²) in [5.41, 5.74) is 10.4. The van der Waals surface area contributed by atoms with E-state index >= 15 is 0 Å². The van der Waals surface area contributed by atoms with Crippen LogP contribution in [0.25, 0.3) is 11.2 Å². The minimum Gasteiger partial charge on any atom is -0.384 e. The number of aromatic nitrogens is 4. The molecular weight excluding hydrogens is 370 g/mol. The molecule has 5 nitrogen and oxygen atoms in total. The fourth-order valence-corrected chi connectivity index (χ4v) is 5.26. The van der Waals surface area contributed by atoms with Crippen LogP contribution in [0.2, 0.25) is 0 Å². The SMILES string of the molecule is CC(C)(C)C1CCC(CCCC(c2ccccc2)c2cc(N)nc3n[nH]nc23)CC1. The van der Waals surface area contributed by atoms with E-state index in [4.69, 9.17) is 5.73 Å². The van der Waals surface area contributed by atoms with Gasteiger partial charge < -0.3 is 5.73 Å². The van der Waals surface area contributed by atoms with E-state index in [0.29, 0.717) is 16.9 Å². The zero-order valence-electron chi connectivity index (χ0n) is 18.6. The highest BCUT2D eigenvalue weighted by molar-refractivity contribution is 5.77. The first-order chi connectivity index (χ1) is 14.4. The van der Waals surface area contributed by atoms with Crippen LogP contribution in [0, 0.1) is 17.3 Å². The summed E-state index contributed by atoms with van der Waals surface area (Å²) in [5, 5.41) is 11.3. The number of hydrogen-bond acceptors (Lipinski definition) is 4. The third-order valence-corrected chi connectivity index (χ3v) is 7.10. The molecule has 1 aliphatic carbocycles. The molecule has 3 N–H and O–H groups in total. The Morgan fingerprint density at radius 2 is 1.80 bits per heavy atom. The van der Waals surface area contributed by atoms with Gasteiger partial charge in [-0.2, -0.15) is 10.3 Å². The third kappa shape index (κ3) is 4.66. The maximum atomic E-state index is 6.10. The lowest BCUT2D eigenvalue weighted by Crippen LogP contribution is -2.25. The summed E-state index contributed by atoms with van der Waals surface area (Å²) in [4.78, 5) is 4.33. The summed E-state index contributed by atoms with van der Waals surface area (Å²) in [5.74, 6) is 2.52. The van der Waals surface area contributed by atoms with Crippen molar-refractivity contribution < 1.29 is 0 Å². The maximum absolute atomic E-state index is 6.10. The predicted octanol–water partition coefficient (Wildman–Crippen LogP) is 6.09. The highest BCUT2D eigenvalue weighted by Gasteiger charge is 2.29. The van der Waals surface area contributed by atoms with E-state index in [1.165, 1.54) is 44.1 Å². The van der Waals surface area contributed by atoms with Gasteiger partial charge in [-0.15, -0.1) is 5.10 Å². The van der Waals surface area contributed by atoms with Crippen LogP contribution in [0.5, 0.6) is 0 Å². The summed E-state index contributed by atoms with van der Waals surface area (Å²) >= 11 is 0. The van der Waals surface area contributed by atoms with Crippen molar-refractivity contribution in [2.45, 2.75) is 71.6 Å². The fourth-order valence-electron chi connectivity index (χ4n) is 5.26. The molecule has 1 aliphatic rings. The molecule has 0 radical (unpaired) electrons. The Kier molecular flexibility index (Phi) is 6.07. The number of nitrogen functional groups attached to an aromatic ring is 1. The molecule has 1 aromatic carbocycles. The number of aromatic amines is 1. The molecule has 5 heteroatoms. The molecule has 2 heterocycles. The molecule has 30 heavy (non-hydrogen) atoms. The van der Waals surface area contributed by atoms with Crippen LogP contribution in [0.15, 0.2) is 36.4 Å². The summed E-state index contributed by atoms with van der Waals surface area (Å²) < 4.78 is 0. The van der Waals surface area contributed by atoms with Crippen molar-refractivity contribution >= 4 is 17.0 Å². The Hall–Kier alpha value is -2.43. The Morgan fingerprint density at radius 3 is 2.50 bits per heavy atom. The largest absolute Gasteiger partial charge is 0.384 e. The summed E-state index contributed by atoms with van der Waals surface area (Å²) in [7, 11) is 0. The highest BCUT2D eigenvalue weighted by Crippen LogP contribution is 2.42. The van der Waals surface area contributed by atoms with Crippen LogP contribution in [0.1, 0.15) is 82.8 Å². The Morgan fingerprint density at radius 1 is 1.07 bits per heavy atom. The van der Waals surface area contributed by atoms with Gasteiger partial charge in [-0.1, -0.05) is 76.8 Å². The molecule has 4 rings (SSSR count). The van der Waals surface area contributed by atoms with Crippen LogP contribution >= 0.6 is 0 Å². The van der Waals surface area contributed by atoms with Gasteiger partial charge in [-0.05, 0) is 53.7 Å². The summed E-state index contributed by atoms with van der Waals surface area (Å²) in [6, 6.07) is 12.7. The zero-order chi connectivity index (χ0) is 21.1. The van der Waals surface area contributed by atoms with E-state index in [0.717, 1.165) is 29.3 Å². The van der Waals surface area contributed by atoms with Gasteiger partial charge in [-0.25, -0.2) is 4.98 Å². The van der Waals surface area contributed by atoms with E-state index < -0.39 is 0 Å². The molecule has 1 unspecified atom stereocenters. The predicted molar refractivity (Wildman–Crippen MR) is 123 cm³/mol. The molecule has 2 aromatic heterocycles. The zero-order valence-corrected chi connectivity index (χ0v) is 18.6. The number of pyridine rings is 1. The lowest BCUT2D eigenvalue weighted by Gasteiger charge is -2.37. The van der Waals surface area contributed by atoms with Crippen molar-refractivity contribution in [1.29, 1.82) is 0 Å². The van der Waals surface area contributed by atoms with Gasteiger partial charge in [0.25, 0.3) is 0 Å². The number of benzene rings is 1. The van der Waals surface area contributed by atoms with Crippen LogP contribution in [-0.4, -0.2) is 20.4 Å². The van der Waals surface area contributed by atoms with Crippen molar-refractivity contribution in [1.82, 2.24) is 20.4 Å². The molecule has 3 aromatic rings. The van der Waals surface area contributed by atoms with Crippen LogP contribution in [0.4, 0.5) is 5.82 Å². The van der Waals surface area contributed by atoms with E-state index in [1.54, 1.807) is 0 Å². The molecule has 1 fully saturated rings. The van der Waals surface area contributed by atoms with Crippen molar-refractivity contribution in [2.75, 3.05) is 5.73 Å². The van der Waals surface area contributed by atoms with Gasteiger partial charge in [0.15, 0.2) is 0 Å². The first-order valence-electron chi connectivity index (χ1n) is 11.4. The quantitative estimate of drug-likeness (QED) is 0.520. The van der Waals surface area contributed by atoms with Crippen LogP contribution in [-0.2, 0) is 0 Å². The van der Waals surface area contributed by atoms with Gasteiger partial charge in [0.2, 0.25) is 5.65 Å². The second-order valence-electron chi connectivity index (χ2n) is 10.1. The van der Waals surface area contributed by atoms with E-state index in [2.05, 4.69) is 71.5 Å². The number of rotatable bonds is 6. The van der Waals surface area contributed by atoms with Crippen LogP contribution in [0.3, 0.4) is 0 Å². The van der Waals surface area contributed by atoms with E-state index in [-0.39, 0.29) is 5.92 Å². The minimum atomic E-state index is 0.259. The van der Waals surface area contributed by atoms with Gasteiger partial charge in [0, 0.05) is 5.92 Å². The van der Waals surface area contributed by atoms with Crippen molar-refractivity contribution in [3.63, 3.8) is 0 Å². The lowest BCUT2D eigenvalue weighted by molar-refractivity contribution is 0.145. The summed E-state index contributed by atoms with van der Waals surface area (Å²) in [6.45, 7) is 7.19. The molecular formula is C25H35N5. The number of nitrogens with two attached hydrogens (primary N) is 1. The molecule has 1 saturated carbocycles. The first kappa shape index (κ1) is 20.8. The summed E-state index contributed by atoms with van der Waals surface area (Å²) in [6.07, 6.45) is 9.15. The smallest absolute Gasteiger partial charge is 0.203 e.